The molecule has 3 heteroatoms. The highest BCUT2D eigenvalue weighted by Crippen LogP contribution is 2.41. The number of nitriles is 1. The van der Waals surface area contributed by atoms with Gasteiger partial charge in [0.25, 0.3) is 0 Å². The lowest BCUT2D eigenvalue weighted by atomic mass is 9.80. The number of nitrogens with zero attached hydrogens (tertiary/aromatic N) is 1. The van der Waals surface area contributed by atoms with Gasteiger partial charge in [0.1, 0.15) is 5.41 Å². The minimum absolute atomic E-state index is 0.0243. The average Bonchev–Trinajstić information content (AvgIpc) is 3.16. The molecule has 18 heavy (non-hydrogen) atoms. The van der Waals surface area contributed by atoms with Crippen LogP contribution in [0.4, 0.5) is 0 Å². The smallest absolute Gasteiger partial charge is 0.240 e. The van der Waals surface area contributed by atoms with Crippen molar-refractivity contribution in [2.45, 2.75) is 70.8 Å². The van der Waals surface area contributed by atoms with Gasteiger partial charge in [-0.2, -0.15) is 5.26 Å². The van der Waals surface area contributed by atoms with Crippen molar-refractivity contribution in [3.05, 3.63) is 0 Å². The first-order valence-corrected chi connectivity index (χ1v) is 7.24. The zero-order valence-corrected chi connectivity index (χ0v) is 11.6. The Labute approximate surface area is 110 Å². The van der Waals surface area contributed by atoms with E-state index in [-0.39, 0.29) is 11.4 Å². The van der Waals surface area contributed by atoms with Crippen molar-refractivity contribution in [2.24, 2.45) is 11.3 Å². The van der Waals surface area contributed by atoms with Crippen LogP contribution in [0.1, 0.15) is 65.2 Å². The lowest BCUT2D eigenvalue weighted by molar-refractivity contribution is -0.130. The predicted molar refractivity (Wildman–Crippen MR) is 70.7 cm³/mol. The molecule has 2 fully saturated rings. The first kappa shape index (κ1) is 13.4. The zero-order chi connectivity index (χ0) is 13.2. The van der Waals surface area contributed by atoms with Crippen molar-refractivity contribution in [3.63, 3.8) is 0 Å². The highest BCUT2D eigenvalue weighted by Gasteiger charge is 2.44. The summed E-state index contributed by atoms with van der Waals surface area (Å²) in [7, 11) is 0. The van der Waals surface area contributed by atoms with Crippen molar-refractivity contribution < 1.29 is 4.79 Å². The molecule has 2 aliphatic rings. The van der Waals surface area contributed by atoms with E-state index in [0.717, 1.165) is 38.5 Å². The standard InChI is InChI=1S/C15H24N2O/c1-14(2,12-7-8-12)17-13(18)15(11-16)9-5-3-4-6-10-15/h12H,3-10H2,1-2H3,(H,17,18). The summed E-state index contributed by atoms with van der Waals surface area (Å²) in [5.41, 5.74) is -0.907. The molecule has 2 rings (SSSR count). The summed E-state index contributed by atoms with van der Waals surface area (Å²) in [5.74, 6) is 0.576. The quantitative estimate of drug-likeness (QED) is 0.780. The fourth-order valence-corrected chi connectivity index (χ4v) is 3.04. The first-order chi connectivity index (χ1) is 8.50. The van der Waals surface area contributed by atoms with Crippen LogP contribution in [0.5, 0.6) is 0 Å². The fraction of sp³-hybridized carbons (Fsp3) is 0.867. The number of carbonyl (C=O) groups excluding carboxylic acids is 1. The lowest BCUT2D eigenvalue weighted by Crippen LogP contribution is -2.51. The van der Waals surface area contributed by atoms with Gasteiger partial charge in [-0.3, -0.25) is 4.79 Å². The molecule has 0 aliphatic heterocycles. The summed E-state index contributed by atoms with van der Waals surface area (Å²) in [4.78, 5) is 12.5. The summed E-state index contributed by atoms with van der Waals surface area (Å²) < 4.78 is 0. The largest absolute Gasteiger partial charge is 0.350 e. The van der Waals surface area contributed by atoms with Gasteiger partial charge in [0.05, 0.1) is 6.07 Å². The van der Waals surface area contributed by atoms with Crippen LogP contribution in [-0.4, -0.2) is 11.4 Å². The van der Waals surface area contributed by atoms with E-state index in [1.165, 1.54) is 12.8 Å². The molecule has 3 nitrogen and oxygen atoms in total. The molecule has 1 amide bonds. The molecule has 0 heterocycles. The topological polar surface area (TPSA) is 52.9 Å². The Morgan fingerprint density at radius 2 is 1.78 bits per heavy atom. The average molecular weight is 248 g/mol. The molecule has 0 aromatic rings. The van der Waals surface area contributed by atoms with Crippen molar-refractivity contribution in [1.82, 2.24) is 5.32 Å². The summed E-state index contributed by atoms with van der Waals surface area (Å²) >= 11 is 0. The molecule has 2 saturated carbocycles. The summed E-state index contributed by atoms with van der Waals surface area (Å²) in [6.07, 6.45) is 8.19. The predicted octanol–water partition coefficient (Wildman–Crippen LogP) is 3.16. The van der Waals surface area contributed by atoms with E-state index in [9.17, 15) is 10.1 Å². The Bertz CT molecular complexity index is 355. The van der Waals surface area contributed by atoms with Gasteiger partial charge in [-0.15, -0.1) is 0 Å². The molecule has 0 aromatic heterocycles. The van der Waals surface area contributed by atoms with Crippen LogP contribution in [0.3, 0.4) is 0 Å². The normalized spacial score (nSPS) is 23.8. The highest BCUT2D eigenvalue weighted by atomic mass is 16.2. The van der Waals surface area contributed by atoms with Gasteiger partial charge in [0.15, 0.2) is 0 Å². The van der Waals surface area contributed by atoms with Crippen molar-refractivity contribution >= 4 is 5.91 Å². The van der Waals surface area contributed by atoms with E-state index in [4.69, 9.17) is 0 Å². The number of amides is 1. The van der Waals surface area contributed by atoms with Gasteiger partial charge in [0, 0.05) is 5.54 Å². The van der Waals surface area contributed by atoms with E-state index in [1.54, 1.807) is 0 Å². The molecule has 0 aromatic carbocycles. The molecule has 0 bridgehead atoms. The minimum atomic E-state index is -0.761. The number of hydrogen-bond acceptors (Lipinski definition) is 2. The van der Waals surface area contributed by atoms with Crippen LogP contribution >= 0.6 is 0 Å². The summed E-state index contributed by atoms with van der Waals surface area (Å²) in [6, 6.07) is 2.33. The second-order valence-corrected chi connectivity index (χ2v) is 6.56. The van der Waals surface area contributed by atoms with Gasteiger partial charge < -0.3 is 5.32 Å². The second-order valence-electron chi connectivity index (χ2n) is 6.56. The van der Waals surface area contributed by atoms with Crippen LogP contribution in [0.2, 0.25) is 0 Å². The van der Waals surface area contributed by atoms with Gasteiger partial charge in [-0.1, -0.05) is 25.7 Å². The maximum atomic E-state index is 12.5. The third-order valence-corrected chi connectivity index (χ3v) is 4.64. The van der Waals surface area contributed by atoms with E-state index >= 15 is 0 Å². The van der Waals surface area contributed by atoms with E-state index in [2.05, 4.69) is 25.2 Å². The number of rotatable bonds is 3. The minimum Gasteiger partial charge on any atom is -0.350 e. The Morgan fingerprint density at radius 3 is 2.22 bits per heavy atom. The van der Waals surface area contributed by atoms with Gasteiger partial charge in [-0.05, 0) is 45.4 Å². The molecule has 0 saturated heterocycles. The van der Waals surface area contributed by atoms with Gasteiger partial charge in [-0.25, -0.2) is 0 Å². The fourth-order valence-electron chi connectivity index (χ4n) is 3.04. The number of hydrogen-bond donors (Lipinski definition) is 1. The SMILES string of the molecule is CC(C)(NC(=O)C1(C#N)CCCCCC1)C1CC1. The molecule has 1 N–H and O–H groups in total. The Morgan fingerprint density at radius 1 is 1.22 bits per heavy atom. The molecular formula is C15H24N2O. The molecular weight excluding hydrogens is 224 g/mol. The number of nitrogens with one attached hydrogen (secondary N) is 1. The summed E-state index contributed by atoms with van der Waals surface area (Å²) in [5, 5.41) is 12.6. The molecule has 0 radical (unpaired) electrons. The lowest BCUT2D eigenvalue weighted by Gasteiger charge is -2.32. The van der Waals surface area contributed by atoms with Gasteiger partial charge in [0.2, 0.25) is 5.91 Å². The van der Waals surface area contributed by atoms with Crippen LogP contribution < -0.4 is 5.32 Å². The Balaban J connectivity index is 2.07. The Hall–Kier alpha value is -1.04. The summed E-state index contributed by atoms with van der Waals surface area (Å²) in [6.45, 7) is 4.18. The molecule has 0 atom stereocenters. The van der Waals surface area contributed by atoms with Crippen LogP contribution in [0.15, 0.2) is 0 Å². The van der Waals surface area contributed by atoms with E-state index < -0.39 is 5.41 Å². The molecule has 0 spiro atoms. The number of carbonyl (C=O) groups is 1. The zero-order valence-electron chi connectivity index (χ0n) is 11.6. The molecule has 100 valence electrons. The van der Waals surface area contributed by atoms with E-state index in [1.807, 2.05) is 0 Å². The second kappa shape index (κ2) is 4.91. The van der Waals surface area contributed by atoms with Crippen molar-refractivity contribution in [1.29, 1.82) is 5.26 Å². The monoisotopic (exact) mass is 248 g/mol. The molecule has 0 unspecified atom stereocenters. The highest BCUT2D eigenvalue weighted by molar-refractivity contribution is 5.86. The first-order valence-electron chi connectivity index (χ1n) is 7.24. The van der Waals surface area contributed by atoms with Crippen molar-refractivity contribution in [2.75, 3.05) is 0 Å². The molecule has 2 aliphatic carbocycles. The maximum Gasteiger partial charge on any atom is 0.240 e. The third-order valence-electron chi connectivity index (χ3n) is 4.64. The van der Waals surface area contributed by atoms with Crippen LogP contribution in [-0.2, 0) is 4.79 Å². The van der Waals surface area contributed by atoms with Crippen LogP contribution in [0.25, 0.3) is 0 Å². The van der Waals surface area contributed by atoms with Crippen molar-refractivity contribution in [3.8, 4) is 6.07 Å². The van der Waals surface area contributed by atoms with Gasteiger partial charge >= 0.3 is 0 Å². The van der Waals surface area contributed by atoms with Crippen LogP contribution in [0, 0.1) is 22.7 Å². The maximum absolute atomic E-state index is 12.5. The third kappa shape index (κ3) is 2.68. The van der Waals surface area contributed by atoms with E-state index in [0.29, 0.717) is 5.92 Å². The Kier molecular flexibility index (Phi) is 3.66.